The SMILES string of the molecule is O=C(O)C1=C[C@@H](C2CCC2)C[C@@H](OCc2ccc(CO)cc2)O1. The zero-order chi connectivity index (χ0) is 16.2. The zero-order valence-corrected chi connectivity index (χ0v) is 13.0. The lowest BCUT2D eigenvalue weighted by Gasteiger charge is -2.37. The number of benzene rings is 1. The van der Waals surface area contributed by atoms with E-state index in [1.54, 1.807) is 6.08 Å². The zero-order valence-electron chi connectivity index (χ0n) is 13.0. The van der Waals surface area contributed by atoms with Crippen LogP contribution < -0.4 is 0 Å². The number of aliphatic hydroxyl groups excluding tert-OH is 1. The summed E-state index contributed by atoms with van der Waals surface area (Å²) in [4.78, 5) is 11.2. The van der Waals surface area contributed by atoms with E-state index in [1.807, 2.05) is 24.3 Å². The van der Waals surface area contributed by atoms with Crippen LogP contribution in [0.4, 0.5) is 0 Å². The average Bonchev–Trinajstić information content (AvgIpc) is 2.51. The summed E-state index contributed by atoms with van der Waals surface area (Å²) in [6.45, 7) is 0.378. The maximum Gasteiger partial charge on any atom is 0.370 e. The van der Waals surface area contributed by atoms with Crippen molar-refractivity contribution in [3.05, 3.63) is 47.2 Å². The fourth-order valence-corrected chi connectivity index (χ4v) is 3.06. The summed E-state index contributed by atoms with van der Waals surface area (Å²) < 4.78 is 11.2. The Hall–Kier alpha value is -1.85. The van der Waals surface area contributed by atoms with Gasteiger partial charge in [-0.25, -0.2) is 4.79 Å². The Morgan fingerprint density at radius 1 is 1.22 bits per heavy atom. The van der Waals surface area contributed by atoms with Gasteiger partial charge in [-0.15, -0.1) is 0 Å². The predicted molar refractivity (Wildman–Crippen MR) is 83.2 cm³/mol. The summed E-state index contributed by atoms with van der Waals surface area (Å²) in [5.41, 5.74) is 1.82. The molecule has 2 N–H and O–H groups in total. The number of aliphatic carboxylic acids is 1. The van der Waals surface area contributed by atoms with Crippen molar-refractivity contribution in [2.75, 3.05) is 0 Å². The Morgan fingerprint density at radius 3 is 2.48 bits per heavy atom. The van der Waals surface area contributed by atoms with Crippen LogP contribution in [0.3, 0.4) is 0 Å². The molecule has 5 nitrogen and oxygen atoms in total. The molecule has 0 bridgehead atoms. The molecule has 5 heteroatoms. The standard InChI is InChI=1S/C18H22O5/c19-10-12-4-6-13(7-5-12)11-22-17-9-15(14-2-1-3-14)8-16(23-17)18(20)21/h4-8,14-15,17,19H,1-3,9-11H2,(H,20,21)/t15-,17+/m1/s1. The van der Waals surface area contributed by atoms with E-state index in [0.717, 1.165) is 24.0 Å². The molecule has 2 aliphatic rings. The average molecular weight is 318 g/mol. The number of ether oxygens (including phenoxy) is 2. The minimum absolute atomic E-state index is 0.00813. The Bertz CT molecular complexity index is 574. The van der Waals surface area contributed by atoms with Crippen LogP contribution in [0, 0.1) is 11.8 Å². The minimum atomic E-state index is -1.03. The molecule has 1 aromatic rings. The van der Waals surface area contributed by atoms with Gasteiger partial charge in [-0.3, -0.25) is 0 Å². The molecule has 2 atom stereocenters. The molecule has 1 aliphatic heterocycles. The van der Waals surface area contributed by atoms with Crippen molar-refractivity contribution in [3.63, 3.8) is 0 Å². The number of carboxylic acid groups (broad SMARTS) is 1. The summed E-state index contributed by atoms with van der Waals surface area (Å²) in [6.07, 6.45) is 5.47. The highest BCUT2D eigenvalue weighted by Gasteiger charge is 2.34. The lowest BCUT2D eigenvalue weighted by Crippen LogP contribution is -2.32. The van der Waals surface area contributed by atoms with Gasteiger partial charge in [-0.05, 0) is 41.9 Å². The van der Waals surface area contributed by atoms with Gasteiger partial charge in [0.1, 0.15) is 0 Å². The highest BCUT2D eigenvalue weighted by atomic mass is 16.7. The molecule has 124 valence electrons. The van der Waals surface area contributed by atoms with Gasteiger partial charge >= 0.3 is 5.97 Å². The topological polar surface area (TPSA) is 76.0 Å². The van der Waals surface area contributed by atoms with Crippen LogP contribution >= 0.6 is 0 Å². The Morgan fingerprint density at radius 2 is 1.91 bits per heavy atom. The van der Waals surface area contributed by atoms with E-state index in [-0.39, 0.29) is 18.3 Å². The molecule has 0 saturated heterocycles. The summed E-state index contributed by atoms with van der Waals surface area (Å²) in [7, 11) is 0. The van der Waals surface area contributed by atoms with Crippen LogP contribution in [0.15, 0.2) is 36.1 Å². The van der Waals surface area contributed by atoms with Crippen molar-refractivity contribution in [3.8, 4) is 0 Å². The van der Waals surface area contributed by atoms with Crippen LogP contribution in [0.2, 0.25) is 0 Å². The van der Waals surface area contributed by atoms with E-state index >= 15 is 0 Å². The molecule has 1 aromatic carbocycles. The maximum absolute atomic E-state index is 11.2. The van der Waals surface area contributed by atoms with Crippen LogP contribution in [-0.4, -0.2) is 22.5 Å². The molecule has 1 heterocycles. The number of allylic oxidation sites excluding steroid dienone is 1. The molecular weight excluding hydrogens is 296 g/mol. The first-order chi connectivity index (χ1) is 11.2. The van der Waals surface area contributed by atoms with Gasteiger partial charge in [0.05, 0.1) is 13.2 Å². The van der Waals surface area contributed by atoms with Gasteiger partial charge in [0.2, 0.25) is 12.0 Å². The maximum atomic E-state index is 11.2. The Balaban J connectivity index is 1.60. The molecule has 0 amide bonds. The van der Waals surface area contributed by atoms with Gasteiger partial charge < -0.3 is 19.7 Å². The molecule has 1 fully saturated rings. The first-order valence-corrected chi connectivity index (χ1v) is 8.07. The van der Waals surface area contributed by atoms with Gasteiger partial charge in [0.25, 0.3) is 0 Å². The van der Waals surface area contributed by atoms with E-state index in [0.29, 0.717) is 18.9 Å². The molecule has 0 unspecified atom stereocenters. The number of hydrogen-bond acceptors (Lipinski definition) is 4. The van der Waals surface area contributed by atoms with Gasteiger partial charge in [0, 0.05) is 6.42 Å². The normalized spacial score (nSPS) is 24.5. The summed E-state index contributed by atoms with van der Waals surface area (Å²) in [5.74, 6) is -0.239. The lowest BCUT2D eigenvalue weighted by molar-refractivity contribution is -0.164. The molecular formula is C18H22O5. The van der Waals surface area contributed by atoms with Crippen molar-refractivity contribution in [2.24, 2.45) is 11.8 Å². The molecule has 1 saturated carbocycles. The van der Waals surface area contributed by atoms with Crippen molar-refractivity contribution in [2.45, 2.75) is 45.2 Å². The lowest BCUT2D eigenvalue weighted by atomic mass is 9.73. The third kappa shape index (κ3) is 3.92. The highest BCUT2D eigenvalue weighted by Crippen LogP contribution is 2.39. The van der Waals surface area contributed by atoms with Gasteiger partial charge in [0.15, 0.2) is 0 Å². The molecule has 0 aromatic heterocycles. The number of carbonyl (C=O) groups is 1. The van der Waals surface area contributed by atoms with E-state index < -0.39 is 12.3 Å². The largest absolute Gasteiger partial charge is 0.475 e. The minimum Gasteiger partial charge on any atom is -0.475 e. The van der Waals surface area contributed by atoms with Crippen LogP contribution in [-0.2, 0) is 27.5 Å². The fraction of sp³-hybridized carbons (Fsp3) is 0.500. The molecule has 23 heavy (non-hydrogen) atoms. The smallest absolute Gasteiger partial charge is 0.370 e. The molecule has 3 rings (SSSR count). The van der Waals surface area contributed by atoms with Gasteiger partial charge in [-0.1, -0.05) is 30.7 Å². The number of aliphatic hydroxyl groups is 1. The first kappa shape index (κ1) is 16.0. The number of carboxylic acids is 1. The fourth-order valence-electron chi connectivity index (χ4n) is 3.06. The Kier molecular flexibility index (Phi) is 4.98. The predicted octanol–water partition coefficient (Wildman–Crippen LogP) is 2.83. The highest BCUT2D eigenvalue weighted by molar-refractivity contribution is 5.84. The van der Waals surface area contributed by atoms with Crippen molar-refractivity contribution >= 4 is 5.97 Å². The molecule has 0 spiro atoms. The summed E-state index contributed by atoms with van der Waals surface area (Å²) in [6, 6.07) is 7.48. The third-order valence-electron chi connectivity index (χ3n) is 4.70. The molecule has 1 aliphatic carbocycles. The van der Waals surface area contributed by atoms with E-state index in [9.17, 15) is 9.90 Å². The van der Waals surface area contributed by atoms with Crippen molar-refractivity contribution in [1.82, 2.24) is 0 Å². The Labute approximate surface area is 135 Å². The van der Waals surface area contributed by atoms with E-state index in [2.05, 4.69) is 0 Å². The number of rotatable bonds is 6. The van der Waals surface area contributed by atoms with E-state index in [1.165, 1.54) is 6.42 Å². The first-order valence-electron chi connectivity index (χ1n) is 8.07. The number of hydrogen-bond donors (Lipinski definition) is 2. The summed E-state index contributed by atoms with van der Waals surface area (Å²) >= 11 is 0. The van der Waals surface area contributed by atoms with Crippen molar-refractivity contribution < 1.29 is 24.5 Å². The van der Waals surface area contributed by atoms with Crippen LogP contribution in [0.5, 0.6) is 0 Å². The molecule has 0 radical (unpaired) electrons. The second-order valence-corrected chi connectivity index (χ2v) is 6.26. The van der Waals surface area contributed by atoms with Crippen molar-refractivity contribution in [1.29, 1.82) is 0 Å². The van der Waals surface area contributed by atoms with E-state index in [4.69, 9.17) is 14.6 Å². The summed E-state index contributed by atoms with van der Waals surface area (Å²) in [5, 5.41) is 18.3. The van der Waals surface area contributed by atoms with Crippen LogP contribution in [0.25, 0.3) is 0 Å². The second kappa shape index (κ2) is 7.15. The third-order valence-corrected chi connectivity index (χ3v) is 4.70. The van der Waals surface area contributed by atoms with Gasteiger partial charge in [-0.2, -0.15) is 0 Å². The quantitative estimate of drug-likeness (QED) is 0.843. The second-order valence-electron chi connectivity index (χ2n) is 6.26. The monoisotopic (exact) mass is 318 g/mol. The van der Waals surface area contributed by atoms with Crippen LogP contribution in [0.1, 0.15) is 36.8 Å².